The van der Waals surface area contributed by atoms with Crippen LogP contribution in [0.1, 0.15) is 43.4 Å². The molecule has 6 heteroatoms. The molecule has 0 aromatic carbocycles. The first-order valence-electron chi connectivity index (χ1n) is 9.69. The van der Waals surface area contributed by atoms with Crippen LogP contribution in [-0.4, -0.2) is 61.5 Å². The van der Waals surface area contributed by atoms with Crippen LogP contribution in [0, 0.1) is 5.41 Å². The Morgan fingerprint density at radius 3 is 2.81 bits per heavy atom. The van der Waals surface area contributed by atoms with Gasteiger partial charge in [-0.15, -0.1) is 11.3 Å². The molecule has 0 radical (unpaired) electrons. The fraction of sp³-hybridized carbons (Fsp3) is 0.700. The van der Waals surface area contributed by atoms with E-state index in [9.17, 15) is 9.59 Å². The van der Waals surface area contributed by atoms with Gasteiger partial charge >= 0.3 is 0 Å². The number of hydrogen-bond donors (Lipinski definition) is 0. The Morgan fingerprint density at radius 1 is 1.31 bits per heavy atom. The maximum absolute atomic E-state index is 12.5. The van der Waals surface area contributed by atoms with E-state index >= 15 is 0 Å². The summed E-state index contributed by atoms with van der Waals surface area (Å²) in [5.74, 6) is 0.550. The molecule has 3 heterocycles. The van der Waals surface area contributed by atoms with Crippen LogP contribution in [0.2, 0.25) is 0 Å². The summed E-state index contributed by atoms with van der Waals surface area (Å²) in [4.78, 5) is 30.2. The van der Waals surface area contributed by atoms with Crippen molar-refractivity contribution >= 4 is 23.2 Å². The Morgan fingerprint density at radius 2 is 2.12 bits per heavy atom. The van der Waals surface area contributed by atoms with Crippen molar-refractivity contribution in [3.63, 3.8) is 0 Å². The fourth-order valence-corrected chi connectivity index (χ4v) is 4.93. The van der Waals surface area contributed by atoms with Gasteiger partial charge in [0.05, 0.1) is 0 Å². The average molecular weight is 379 g/mol. The Balaban J connectivity index is 1.40. The number of piperidine rings is 1. The predicted molar refractivity (Wildman–Crippen MR) is 103 cm³/mol. The average Bonchev–Trinajstić information content (AvgIpc) is 3.24. The lowest BCUT2D eigenvalue weighted by molar-refractivity contribution is -0.133. The molecule has 144 valence electrons. The zero-order chi connectivity index (χ0) is 18.4. The third-order valence-electron chi connectivity index (χ3n) is 5.75. The van der Waals surface area contributed by atoms with Gasteiger partial charge in [0.25, 0.3) is 0 Å². The SMILES string of the molecule is COCCCN1CC2(CCN(C(=O)CCCc3cccs3)CC2)CC1=O. The molecule has 0 N–H and O–H groups in total. The first-order valence-corrected chi connectivity index (χ1v) is 10.6. The minimum absolute atomic E-state index is 0.0951. The zero-order valence-corrected chi connectivity index (χ0v) is 16.6. The van der Waals surface area contributed by atoms with Crippen molar-refractivity contribution in [3.05, 3.63) is 22.4 Å². The van der Waals surface area contributed by atoms with Gasteiger partial charge in [0.15, 0.2) is 0 Å². The second-order valence-corrected chi connectivity index (χ2v) is 8.68. The quantitative estimate of drug-likeness (QED) is 0.654. The van der Waals surface area contributed by atoms with E-state index < -0.39 is 0 Å². The molecule has 0 aliphatic carbocycles. The smallest absolute Gasteiger partial charge is 0.223 e. The van der Waals surface area contributed by atoms with Gasteiger partial charge in [0, 0.05) is 63.0 Å². The number of aryl methyl sites for hydroxylation is 1. The molecule has 2 fully saturated rings. The molecule has 2 amide bonds. The van der Waals surface area contributed by atoms with Gasteiger partial charge in [-0.05, 0) is 43.6 Å². The van der Waals surface area contributed by atoms with Crippen molar-refractivity contribution in [2.24, 2.45) is 5.41 Å². The molecule has 1 aromatic heterocycles. The number of rotatable bonds is 8. The molecule has 3 rings (SSSR count). The van der Waals surface area contributed by atoms with Crippen molar-refractivity contribution in [2.75, 3.05) is 39.9 Å². The van der Waals surface area contributed by atoms with Crippen LogP contribution in [0.15, 0.2) is 17.5 Å². The lowest BCUT2D eigenvalue weighted by atomic mass is 9.77. The number of likely N-dealkylation sites (tertiary alicyclic amines) is 2. The van der Waals surface area contributed by atoms with Crippen LogP contribution < -0.4 is 0 Å². The van der Waals surface area contributed by atoms with Crippen LogP contribution in [-0.2, 0) is 20.7 Å². The highest BCUT2D eigenvalue weighted by atomic mass is 32.1. The molecule has 2 aliphatic rings. The highest BCUT2D eigenvalue weighted by molar-refractivity contribution is 7.09. The fourth-order valence-electron chi connectivity index (χ4n) is 4.18. The van der Waals surface area contributed by atoms with Crippen molar-refractivity contribution in [1.82, 2.24) is 9.80 Å². The normalized spacial score (nSPS) is 19.5. The predicted octanol–water partition coefficient (Wildman–Crippen LogP) is 2.95. The second kappa shape index (κ2) is 9.00. The summed E-state index contributed by atoms with van der Waals surface area (Å²) >= 11 is 1.76. The Bertz CT molecular complexity index is 594. The van der Waals surface area contributed by atoms with Crippen LogP contribution in [0.25, 0.3) is 0 Å². The van der Waals surface area contributed by atoms with E-state index in [1.807, 2.05) is 9.80 Å². The Kier molecular flexibility index (Phi) is 6.70. The maximum Gasteiger partial charge on any atom is 0.223 e. The van der Waals surface area contributed by atoms with Crippen LogP contribution in [0.3, 0.4) is 0 Å². The minimum atomic E-state index is 0.0951. The number of amides is 2. The van der Waals surface area contributed by atoms with Gasteiger partial charge in [-0.3, -0.25) is 9.59 Å². The van der Waals surface area contributed by atoms with Gasteiger partial charge in [-0.25, -0.2) is 0 Å². The molecular weight excluding hydrogens is 348 g/mol. The molecule has 0 bridgehead atoms. The molecule has 26 heavy (non-hydrogen) atoms. The van der Waals surface area contributed by atoms with Crippen molar-refractivity contribution in [2.45, 2.75) is 44.9 Å². The molecule has 2 saturated heterocycles. The number of hydrogen-bond acceptors (Lipinski definition) is 4. The molecule has 0 atom stereocenters. The second-order valence-electron chi connectivity index (χ2n) is 7.65. The summed E-state index contributed by atoms with van der Waals surface area (Å²) in [5.41, 5.74) is 0.0951. The molecule has 5 nitrogen and oxygen atoms in total. The number of carbonyl (C=O) groups excluding carboxylic acids is 2. The van der Waals surface area contributed by atoms with Crippen molar-refractivity contribution < 1.29 is 14.3 Å². The van der Waals surface area contributed by atoms with E-state index in [1.165, 1.54) is 4.88 Å². The van der Waals surface area contributed by atoms with E-state index in [0.29, 0.717) is 19.4 Å². The highest BCUT2D eigenvalue weighted by Gasteiger charge is 2.45. The van der Waals surface area contributed by atoms with Gasteiger partial charge in [-0.1, -0.05) is 6.07 Å². The van der Waals surface area contributed by atoms with Gasteiger partial charge in [0.2, 0.25) is 11.8 Å². The largest absolute Gasteiger partial charge is 0.385 e. The van der Waals surface area contributed by atoms with E-state index in [1.54, 1.807) is 18.4 Å². The first kappa shape index (κ1) is 19.4. The highest BCUT2D eigenvalue weighted by Crippen LogP contribution is 2.41. The molecular formula is C20H30N2O3S. The Hall–Kier alpha value is -1.40. The Labute approximate surface area is 160 Å². The first-order chi connectivity index (χ1) is 12.6. The van der Waals surface area contributed by atoms with Crippen LogP contribution in [0.4, 0.5) is 0 Å². The summed E-state index contributed by atoms with van der Waals surface area (Å²) in [6.45, 7) is 3.95. The maximum atomic E-state index is 12.5. The molecule has 1 aromatic rings. The molecule has 0 saturated carbocycles. The number of carbonyl (C=O) groups is 2. The van der Waals surface area contributed by atoms with Crippen LogP contribution >= 0.6 is 11.3 Å². The molecule has 1 spiro atoms. The third-order valence-corrected chi connectivity index (χ3v) is 6.69. The summed E-state index contributed by atoms with van der Waals surface area (Å²) in [6.07, 6.45) is 6.01. The van der Waals surface area contributed by atoms with E-state index in [2.05, 4.69) is 17.5 Å². The van der Waals surface area contributed by atoms with Crippen molar-refractivity contribution in [1.29, 1.82) is 0 Å². The van der Waals surface area contributed by atoms with Gasteiger partial charge in [0.1, 0.15) is 0 Å². The summed E-state index contributed by atoms with van der Waals surface area (Å²) in [6, 6.07) is 4.20. The summed E-state index contributed by atoms with van der Waals surface area (Å²) in [5, 5.41) is 2.09. The van der Waals surface area contributed by atoms with E-state index in [-0.39, 0.29) is 17.2 Å². The monoisotopic (exact) mass is 378 g/mol. The molecule has 2 aliphatic heterocycles. The number of methoxy groups -OCH3 is 1. The van der Waals surface area contributed by atoms with Crippen molar-refractivity contribution in [3.8, 4) is 0 Å². The van der Waals surface area contributed by atoms with Gasteiger partial charge in [-0.2, -0.15) is 0 Å². The summed E-state index contributed by atoms with van der Waals surface area (Å²) in [7, 11) is 1.69. The number of nitrogens with zero attached hydrogens (tertiary/aromatic N) is 2. The number of thiophene rings is 1. The van der Waals surface area contributed by atoms with E-state index in [4.69, 9.17) is 4.74 Å². The molecule has 0 unspecified atom stereocenters. The summed E-state index contributed by atoms with van der Waals surface area (Å²) < 4.78 is 5.09. The van der Waals surface area contributed by atoms with Gasteiger partial charge < -0.3 is 14.5 Å². The lowest BCUT2D eigenvalue weighted by Gasteiger charge is -2.39. The topological polar surface area (TPSA) is 49.9 Å². The number of ether oxygens (including phenoxy) is 1. The van der Waals surface area contributed by atoms with E-state index in [0.717, 1.165) is 58.3 Å². The third kappa shape index (κ3) is 4.86. The minimum Gasteiger partial charge on any atom is -0.385 e. The lowest BCUT2D eigenvalue weighted by Crippen LogP contribution is -2.44. The van der Waals surface area contributed by atoms with Crippen LogP contribution in [0.5, 0.6) is 0 Å². The standard InChI is InChI=1S/C20H30N2O3S/c1-25-13-4-10-22-16-20(15-19(22)24)8-11-21(12-9-20)18(23)7-2-5-17-6-3-14-26-17/h3,6,14H,2,4-5,7-13,15-16H2,1H3. The zero-order valence-electron chi connectivity index (χ0n) is 15.7.